The zero-order chi connectivity index (χ0) is 18.3. The number of benzene rings is 1. The summed E-state index contributed by atoms with van der Waals surface area (Å²) in [6.45, 7) is 7.63. The summed E-state index contributed by atoms with van der Waals surface area (Å²) in [5, 5.41) is 4.63. The average molecular weight is 372 g/mol. The Kier molecular flexibility index (Phi) is 4.11. The van der Waals surface area contributed by atoms with E-state index in [4.69, 9.17) is 13.9 Å². The van der Waals surface area contributed by atoms with Gasteiger partial charge in [0.15, 0.2) is 17.1 Å². The van der Waals surface area contributed by atoms with Crippen molar-refractivity contribution in [2.75, 3.05) is 13.2 Å². The van der Waals surface area contributed by atoms with E-state index in [-0.39, 0.29) is 17.9 Å². The van der Waals surface area contributed by atoms with Gasteiger partial charge in [0, 0.05) is 5.38 Å². The van der Waals surface area contributed by atoms with Crippen LogP contribution in [0.4, 0.5) is 0 Å². The van der Waals surface area contributed by atoms with Crippen molar-refractivity contribution in [1.82, 2.24) is 10.3 Å². The van der Waals surface area contributed by atoms with Crippen LogP contribution < -0.4 is 14.8 Å². The molecule has 3 heterocycles. The Hall–Kier alpha value is -2.54. The van der Waals surface area contributed by atoms with E-state index in [0.29, 0.717) is 41.1 Å². The van der Waals surface area contributed by atoms with Crippen molar-refractivity contribution in [3.8, 4) is 11.5 Å². The maximum absolute atomic E-state index is 12.4. The number of oxazole rings is 1. The molecule has 1 N–H and O–H groups in total. The Labute approximate surface area is 155 Å². The van der Waals surface area contributed by atoms with Crippen molar-refractivity contribution in [1.29, 1.82) is 0 Å². The van der Waals surface area contributed by atoms with E-state index in [2.05, 4.69) is 31.1 Å². The van der Waals surface area contributed by atoms with Gasteiger partial charge in [0.25, 0.3) is 5.91 Å². The van der Waals surface area contributed by atoms with Crippen LogP contribution in [-0.2, 0) is 12.0 Å². The van der Waals surface area contributed by atoms with Crippen LogP contribution in [0.1, 0.15) is 41.9 Å². The van der Waals surface area contributed by atoms with E-state index in [1.807, 2.05) is 18.2 Å². The molecule has 1 aliphatic rings. The minimum atomic E-state index is -0.223. The predicted molar refractivity (Wildman–Crippen MR) is 99.2 cm³/mol. The van der Waals surface area contributed by atoms with Gasteiger partial charge in [0.1, 0.15) is 23.6 Å². The van der Waals surface area contributed by atoms with E-state index in [0.717, 1.165) is 5.52 Å². The van der Waals surface area contributed by atoms with Crippen molar-refractivity contribution in [3.63, 3.8) is 0 Å². The quantitative estimate of drug-likeness (QED) is 0.755. The number of amides is 1. The van der Waals surface area contributed by atoms with Gasteiger partial charge < -0.3 is 19.2 Å². The summed E-state index contributed by atoms with van der Waals surface area (Å²) in [6, 6.07) is 6.01. The second-order valence-electron chi connectivity index (χ2n) is 7.18. The number of hydrogen-bond donors (Lipinski definition) is 1. The molecule has 0 spiro atoms. The topological polar surface area (TPSA) is 73.6 Å². The number of aromatic nitrogens is 1. The molecule has 0 saturated heterocycles. The molecular weight excluding hydrogens is 352 g/mol. The fraction of sp³-hybridized carbons (Fsp3) is 0.368. The van der Waals surface area contributed by atoms with Gasteiger partial charge in [-0.1, -0.05) is 26.8 Å². The molecule has 0 bridgehead atoms. The van der Waals surface area contributed by atoms with Gasteiger partial charge >= 0.3 is 0 Å². The maximum atomic E-state index is 12.4. The van der Waals surface area contributed by atoms with E-state index in [1.54, 1.807) is 5.38 Å². The monoisotopic (exact) mass is 372 g/mol. The SMILES string of the molecule is CC(C)(C)c1ccc2oc(CNC(=O)c3scc4c3OCCO4)nc2c1. The van der Waals surface area contributed by atoms with Gasteiger partial charge in [-0.3, -0.25) is 4.79 Å². The van der Waals surface area contributed by atoms with Gasteiger partial charge in [-0.2, -0.15) is 0 Å². The predicted octanol–water partition coefficient (Wildman–Crippen LogP) is 3.89. The minimum absolute atomic E-state index is 0.0435. The fourth-order valence-corrected chi connectivity index (χ4v) is 3.62. The minimum Gasteiger partial charge on any atom is -0.485 e. The van der Waals surface area contributed by atoms with Crippen LogP contribution in [0.25, 0.3) is 11.1 Å². The third-order valence-electron chi connectivity index (χ3n) is 4.21. The van der Waals surface area contributed by atoms with Crippen molar-refractivity contribution < 1.29 is 18.7 Å². The van der Waals surface area contributed by atoms with Crippen molar-refractivity contribution >= 4 is 28.3 Å². The summed E-state index contributed by atoms with van der Waals surface area (Å²) in [5.74, 6) is 1.40. The van der Waals surface area contributed by atoms with E-state index in [1.165, 1.54) is 16.9 Å². The molecule has 0 unspecified atom stereocenters. The molecule has 6 nitrogen and oxygen atoms in total. The molecule has 0 atom stereocenters. The van der Waals surface area contributed by atoms with Gasteiger partial charge in [0.05, 0.1) is 6.54 Å². The summed E-state index contributed by atoms with van der Waals surface area (Å²) in [7, 11) is 0. The highest BCUT2D eigenvalue weighted by Crippen LogP contribution is 2.39. The summed E-state index contributed by atoms with van der Waals surface area (Å²) in [5.41, 5.74) is 2.75. The molecule has 0 radical (unpaired) electrons. The van der Waals surface area contributed by atoms with Crippen LogP contribution in [0.15, 0.2) is 28.0 Å². The number of nitrogens with zero attached hydrogens (tertiary/aromatic N) is 1. The molecule has 1 amide bonds. The summed E-state index contributed by atoms with van der Waals surface area (Å²) >= 11 is 1.31. The lowest BCUT2D eigenvalue weighted by molar-refractivity contribution is 0.0942. The third-order valence-corrected chi connectivity index (χ3v) is 5.14. The van der Waals surface area contributed by atoms with Crippen LogP contribution in [-0.4, -0.2) is 24.1 Å². The standard InChI is InChI=1S/C19H20N2O4S/c1-19(2,3)11-4-5-13-12(8-11)21-15(25-13)9-20-18(22)17-16-14(10-26-17)23-6-7-24-16/h4-5,8,10H,6-7,9H2,1-3H3,(H,20,22). The first-order valence-electron chi connectivity index (χ1n) is 8.47. The Morgan fingerprint density at radius 2 is 2.08 bits per heavy atom. The number of carbonyl (C=O) groups is 1. The van der Waals surface area contributed by atoms with E-state index < -0.39 is 0 Å². The van der Waals surface area contributed by atoms with Gasteiger partial charge in [-0.15, -0.1) is 11.3 Å². The first-order valence-corrected chi connectivity index (χ1v) is 9.35. The number of nitrogens with one attached hydrogen (secondary N) is 1. The highest BCUT2D eigenvalue weighted by atomic mass is 32.1. The Morgan fingerprint density at radius 1 is 1.27 bits per heavy atom. The van der Waals surface area contributed by atoms with Crippen LogP contribution in [0.3, 0.4) is 0 Å². The van der Waals surface area contributed by atoms with Crippen LogP contribution in [0.5, 0.6) is 11.5 Å². The second kappa shape index (κ2) is 6.32. The van der Waals surface area contributed by atoms with E-state index >= 15 is 0 Å². The lowest BCUT2D eigenvalue weighted by Crippen LogP contribution is -2.23. The maximum Gasteiger partial charge on any atom is 0.265 e. The smallest absolute Gasteiger partial charge is 0.265 e. The Balaban J connectivity index is 1.49. The van der Waals surface area contributed by atoms with Crippen LogP contribution in [0, 0.1) is 0 Å². The van der Waals surface area contributed by atoms with Gasteiger partial charge in [0.2, 0.25) is 5.89 Å². The molecule has 0 aliphatic carbocycles. The van der Waals surface area contributed by atoms with Gasteiger partial charge in [-0.05, 0) is 23.1 Å². The lowest BCUT2D eigenvalue weighted by atomic mass is 9.87. The molecule has 0 saturated carbocycles. The summed E-state index contributed by atoms with van der Waals surface area (Å²) < 4.78 is 16.8. The first kappa shape index (κ1) is 16.9. The number of fused-ring (bicyclic) bond motifs is 2. The molecule has 7 heteroatoms. The highest BCUT2D eigenvalue weighted by Gasteiger charge is 2.23. The van der Waals surface area contributed by atoms with Crippen molar-refractivity contribution in [2.24, 2.45) is 0 Å². The number of thiophene rings is 1. The molecule has 4 rings (SSSR count). The zero-order valence-corrected chi connectivity index (χ0v) is 15.7. The summed E-state index contributed by atoms with van der Waals surface area (Å²) in [4.78, 5) is 17.4. The number of rotatable bonds is 3. The Morgan fingerprint density at radius 3 is 2.88 bits per heavy atom. The molecule has 136 valence electrons. The average Bonchev–Trinajstić information content (AvgIpc) is 3.21. The molecule has 26 heavy (non-hydrogen) atoms. The normalized spacial score (nSPS) is 13.8. The first-order chi connectivity index (χ1) is 12.4. The number of carbonyl (C=O) groups excluding carboxylic acids is 1. The fourth-order valence-electron chi connectivity index (χ4n) is 2.77. The number of ether oxygens (including phenoxy) is 2. The third kappa shape index (κ3) is 3.14. The Bertz CT molecular complexity index is 968. The molecular formula is C19H20N2O4S. The molecule has 1 aromatic carbocycles. The van der Waals surface area contributed by atoms with Crippen LogP contribution in [0.2, 0.25) is 0 Å². The van der Waals surface area contributed by atoms with Crippen molar-refractivity contribution in [2.45, 2.75) is 32.7 Å². The second-order valence-corrected chi connectivity index (χ2v) is 8.06. The molecule has 1 aliphatic heterocycles. The van der Waals surface area contributed by atoms with E-state index in [9.17, 15) is 4.79 Å². The lowest BCUT2D eigenvalue weighted by Gasteiger charge is -2.18. The highest BCUT2D eigenvalue weighted by molar-refractivity contribution is 7.12. The number of hydrogen-bond acceptors (Lipinski definition) is 6. The molecule has 0 fully saturated rings. The van der Waals surface area contributed by atoms with Gasteiger partial charge in [-0.25, -0.2) is 4.98 Å². The molecule has 3 aromatic rings. The van der Waals surface area contributed by atoms with Crippen molar-refractivity contribution in [3.05, 3.63) is 39.9 Å². The largest absolute Gasteiger partial charge is 0.485 e. The summed E-state index contributed by atoms with van der Waals surface area (Å²) in [6.07, 6.45) is 0. The van der Waals surface area contributed by atoms with Crippen LogP contribution >= 0.6 is 11.3 Å². The molecule has 2 aromatic heterocycles. The zero-order valence-electron chi connectivity index (χ0n) is 14.9.